The number of aliphatic hydroxyl groups excluding tert-OH is 1. The van der Waals surface area contributed by atoms with Gasteiger partial charge in [-0.05, 0) is 24.6 Å². The quantitative estimate of drug-likeness (QED) is 0.672. The molecule has 2 rings (SSSR count). The third kappa shape index (κ3) is 4.70. The van der Waals surface area contributed by atoms with Crippen molar-refractivity contribution >= 4 is 17.3 Å². The highest BCUT2D eigenvalue weighted by Gasteiger charge is 2.18. The number of piperazine rings is 1. The summed E-state index contributed by atoms with van der Waals surface area (Å²) < 4.78 is 0. The van der Waals surface area contributed by atoms with Crippen molar-refractivity contribution in [1.82, 2.24) is 9.80 Å². The number of carbonyl (C=O) groups is 1. The number of anilines is 2. The Labute approximate surface area is 125 Å². The van der Waals surface area contributed by atoms with Crippen LogP contribution in [0, 0.1) is 6.92 Å². The van der Waals surface area contributed by atoms with Gasteiger partial charge in [-0.3, -0.25) is 14.6 Å². The van der Waals surface area contributed by atoms with Crippen LogP contribution in [-0.2, 0) is 4.79 Å². The van der Waals surface area contributed by atoms with Crippen LogP contribution in [-0.4, -0.2) is 66.7 Å². The van der Waals surface area contributed by atoms with E-state index in [9.17, 15) is 4.79 Å². The van der Waals surface area contributed by atoms with Crippen LogP contribution in [0.1, 0.15) is 5.56 Å². The molecule has 0 saturated carbocycles. The van der Waals surface area contributed by atoms with Crippen molar-refractivity contribution in [3.8, 4) is 0 Å². The van der Waals surface area contributed by atoms with Gasteiger partial charge in [0.2, 0.25) is 5.91 Å². The Kier molecular flexibility index (Phi) is 5.55. The number of amides is 1. The Morgan fingerprint density at radius 2 is 1.95 bits per heavy atom. The summed E-state index contributed by atoms with van der Waals surface area (Å²) in [5.74, 6) is -0.0145. The van der Waals surface area contributed by atoms with E-state index >= 15 is 0 Å². The SMILES string of the molecule is Cc1ccc(N)cc1NC(=O)CN1CCN(CCO)CC1. The monoisotopic (exact) mass is 292 g/mol. The normalized spacial score (nSPS) is 16.9. The average molecular weight is 292 g/mol. The molecule has 1 heterocycles. The molecule has 1 aliphatic heterocycles. The number of nitrogen functional groups attached to an aromatic ring is 1. The summed E-state index contributed by atoms with van der Waals surface area (Å²) in [4.78, 5) is 16.4. The van der Waals surface area contributed by atoms with Crippen LogP contribution in [0.4, 0.5) is 11.4 Å². The van der Waals surface area contributed by atoms with Crippen LogP contribution < -0.4 is 11.1 Å². The second-order valence-corrected chi connectivity index (χ2v) is 5.46. The molecule has 6 heteroatoms. The van der Waals surface area contributed by atoms with Crippen LogP contribution in [0.2, 0.25) is 0 Å². The molecule has 116 valence electrons. The summed E-state index contributed by atoms with van der Waals surface area (Å²) in [7, 11) is 0. The van der Waals surface area contributed by atoms with Gasteiger partial charge in [0.25, 0.3) is 0 Å². The number of benzene rings is 1. The van der Waals surface area contributed by atoms with Crippen molar-refractivity contribution in [2.75, 3.05) is 56.9 Å². The number of hydrogen-bond donors (Lipinski definition) is 3. The molecule has 6 nitrogen and oxygen atoms in total. The number of nitrogens with two attached hydrogens (primary N) is 1. The number of carbonyl (C=O) groups excluding carboxylic acids is 1. The van der Waals surface area contributed by atoms with Crippen LogP contribution >= 0.6 is 0 Å². The fourth-order valence-corrected chi connectivity index (χ4v) is 2.48. The molecule has 21 heavy (non-hydrogen) atoms. The van der Waals surface area contributed by atoms with E-state index in [4.69, 9.17) is 10.8 Å². The van der Waals surface area contributed by atoms with E-state index in [2.05, 4.69) is 15.1 Å². The lowest BCUT2D eigenvalue weighted by Gasteiger charge is -2.33. The third-order valence-corrected chi connectivity index (χ3v) is 3.78. The van der Waals surface area contributed by atoms with E-state index in [1.165, 1.54) is 0 Å². The molecule has 1 aromatic carbocycles. The number of hydrogen-bond acceptors (Lipinski definition) is 5. The molecule has 4 N–H and O–H groups in total. The molecule has 0 aromatic heterocycles. The highest BCUT2D eigenvalue weighted by atomic mass is 16.3. The van der Waals surface area contributed by atoms with Crippen LogP contribution in [0.25, 0.3) is 0 Å². The minimum atomic E-state index is -0.0145. The van der Waals surface area contributed by atoms with Crippen molar-refractivity contribution < 1.29 is 9.90 Å². The highest BCUT2D eigenvalue weighted by Crippen LogP contribution is 2.18. The molecule has 0 aliphatic carbocycles. The van der Waals surface area contributed by atoms with E-state index < -0.39 is 0 Å². The predicted molar refractivity (Wildman–Crippen MR) is 84.2 cm³/mol. The maximum absolute atomic E-state index is 12.1. The van der Waals surface area contributed by atoms with Crippen molar-refractivity contribution in [1.29, 1.82) is 0 Å². The predicted octanol–water partition coefficient (Wildman–Crippen LogP) is 0.126. The number of aryl methyl sites for hydroxylation is 1. The van der Waals surface area contributed by atoms with Crippen molar-refractivity contribution in [3.63, 3.8) is 0 Å². The van der Waals surface area contributed by atoms with Gasteiger partial charge in [0, 0.05) is 44.1 Å². The molecule has 0 radical (unpaired) electrons. The Morgan fingerprint density at radius 3 is 2.62 bits per heavy atom. The highest BCUT2D eigenvalue weighted by molar-refractivity contribution is 5.93. The van der Waals surface area contributed by atoms with Gasteiger partial charge >= 0.3 is 0 Å². The van der Waals surface area contributed by atoms with Crippen molar-refractivity contribution in [3.05, 3.63) is 23.8 Å². The molecule has 0 unspecified atom stereocenters. The molecule has 0 spiro atoms. The van der Waals surface area contributed by atoms with E-state index in [1.54, 1.807) is 6.07 Å². The van der Waals surface area contributed by atoms with E-state index in [-0.39, 0.29) is 12.5 Å². The number of aliphatic hydroxyl groups is 1. The first-order chi connectivity index (χ1) is 10.1. The van der Waals surface area contributed by atoms with Crippen LogP contribution in [0.5, 0.6) is 0 Å². The Hall–Kier alpha value is -1.63. The zero-order valence-corrected chi connectivity index (χ0v) is 12.5. The summed E-state index contributed by atoms with van der Waals surface area (Å²) in [5.41, 5.74) is 8.17. The minimum Gasteiger partial charge on any atom is -0.399 e. The molecule has 1 amide bonds. The topological polar surface area (TPSA) is 81.8 Å². The summed E-state index contributed by atoms with van der Waals surface area (Å²) >= 11 is 0. The maximum atomic E-state index is 12.1. The summed E-state index contributed by atoms with van der Waals surface area (Å²) in [6.07, 6.45) is 0. The first-order valence-corrected chi connectivity index (χ1v) is 7.30. The number of nitrogens with one attached hydrogen (secondary N) is 1. The standard InChI is InChI=1S/C15H24N4O2/c1-12-2-3-13(16)10-14(12)17-15(21)11-19-6-4-18(5-7-19)8-9-20/h2-3,10,20H,4-9,11,16H2,1H3,(H,17,21). The van der Waals surface area contributed by atoms with E-state index in [0.29, 0.717) is 18.8 Å². The molecule has 0 bridgehead atoms. The first-order valence-electron chi connectivity index (χ1n) is 7.30. The van der Waals surface area contributed by atoms with Gasteiger partial charge in [0.05, 0.1) is 13.2 Å². The molecule has 0 atom stereocenters. The van der Waals surface area contributed by atoms with Crippen molar-refractivity contribution in [2.45, 2.75) is 6.92 Å². The lowest BCUT2D eigenvalue weighted by Crippen LogP contribution is -2.49. The first kappa shape index (κ1) is 15.8. The Balaban J connectivity index is 1.81. The van der Waals surface area contributed by atoms with Gasteiger partial charge in [0.1, 0.15) is 0 Å². The smallest absolute Gasteiger partial charge is 0.238 e. The fraction of sp³-hybridized carbons (Fsp3) is 0.533. The van der Waals surface area contributed by atoms with Gasteiger partial charge < -0.3 is 16.2 Å². The fourth-order valence-electron chi connectivity index (χ4n) is 2.48. The molecule has 1 aliphatic rings. The summed E-state index contributed by atoms with van der Waals surface area (Å²) in [5, 5.41) is 11.8. The molecule has 1 aromatic rings. The molecule has 1 fully saturated rings. The van der Waals surface area contributed by atoms with Crippen LogP contribution in [0.3, 0.4) is 0 Å². The zero-order chi connectivity index (χ0) is 15.2. The zero-order valence-electron chi connectivity index (χ0n) is 12.5. The van der Waals surface area contributed by atoms with Gasteiger partial charge in [-0.15, -0.1) is 0 Å². The second-order valence-electron chi connectivity index (χ2n) is 5.46. The van der Waals surface area contributed by atoms with E-state index in [0.717, 1.165) is 37.4 Å². The third-order valence-electron chi connectivity index (χ3n) is 3.78. The number of β-amino-alcohol motifs (C(OH)–C–C–N with tert-alkyl or cyclic N) is 1. The second kappa shape index (κ2) is 7.40. The van der Waals surface area contributed by atoms with Gasteiger partial charge in [-0.1, -0.05) is 6.07 Å². The maximum Gasteiger partial charge on any atom is 0.238 e. The Bertz CT molecular complexity index is 485. The van der Waals surface area contributed by atoms with Crippen molar-refractivity contribution in [2.24, 2.45) is 0 Å². The van der Waals surface area contributed by atoms with Crippen LogP contribution in [0.15, 0.2) is 18.2 Å². The summed E-state index contributed by atoms with van der Waals surface area (Å²) in [6.45, 7) is 6.73. The number of nitrogens with zero attached hydrogens (tertiary/aromatic N) is 2. The lowest BCUT2D eigenvalue weighted by molar-refractivity contribution is -0.117. The minimum absolute atomic E-state index is 0.0145. The largest absolute Gasteiger partial charge is 0.399 e. The Morgan fingerprint density at radius 1 is 1.29 bits per heavy atom. The van der Waals surface area contributed by atoms with Gasteiger partial charge in [-0.25, -0.2) is 0 Å². The lowest BCUT2D eigenvalue weighted by atomic mass is 10.2. The molecular weight excluding hydrogens is 268 g/mol. The molecular formula is C15H24N4O2. The molecule has 1 saturated heterocycles. The van der Waals surface area contributed by atoms with Gasteiger partial charge in [-0.2, -0.15) is 0 Å². The summed E-state index contributed by atoms with van der Waals surface area (Å²) in [6, 6.07) is 5.51. The van der Waals surface area contributed by atoms with Gasteiger partial charge in [0.15, 0.2) is 0 Å². The average Bonchev–Trinajstić information content (AvgIpc) is 2.45. The van der Waals surface area contributed by atoms with E-state index in [1.807, 2.05) is 19.1 Å². The number of rotatable bonds is 5.